The molecule has 5 aromatic rings. The minimum absolute atomic E-state index is 0.0215. The number of ether oxygens (including phenoxy) is 1. The summed E-state index contributed by atoms with van der Waals surface area (Å²) < 4.78 is 6.74. The lowest BCUT2D eigenvalue weighted by atomic mass is 9.90. The van der Waals surface area contributed by atoms with Crippen molar-refractivity contribution >= 4 is 73.9 Å². The predicted octanol–water partition coefficient (Wildman–Crippen LogP) is 4.34. The van der Waals surface area contributed by atoms with Crippen LogP contribution in [0.5, 0.6) is 0 Å². The number of aliphatic hydroxyl groups is 1. The summed E-state index contributed by atoms with van der Waals surface area (Å²) in [6, 6.07) is 9.31. The van der Waals surface area contributed by atoms with Crippen molar-refractivity contribution in [2.45, 2.75) is 82.4 Å². The Morgan fingerprint density at radius 1 is 0.918 bits per heavy atom. The molecule has 3 aliphatic rings. The van der Waals surface area contributed by atoms with E-state index in [1.54, 1.807) is 40.7 Å². The van der Waals surface area contributed by atoms with Crippen molar-refractivity contribution in [1.82, 2.24) is 34.6 Å². The number of aromatic nitrogens is 4. The Balaban J connectivity index is 0.856. The van der Waals surface area contributed by atoms with Crippen LogP contribution in [-0.4, -0.2) is 116 Å². The van der Waals surface area contributed by atoms with Gasteiger partial charge in [0.25, 0.3) is 5.56 Å². The molecule has 0 unspecified atom stereocenters. The first-order valence-electron chi connectivity index (χ1n) is 20.9. The number of nitrogens with zero attached hydrogens (tertiary/aromatic N) is 6. The third kappa shape index (κ3) is 10.2. The summed E-state index contributed by atoms with van der Waals surface area (Å²) in [4.78, 5) is 84.1. The number of carbonyl (C=O) groups is 4. The van der Waals surface area contributed by atoms with Gasteiger partial charge in [-0.3, -0.25) is 38.4 Å². The van der Waals surface area contributed by atoms with Gasteiger partial charge in [0.15, 0.2) is 5.78 Å². The van der Waals surface area contributed by atoms with Crippen LogP contribution < -0.4 is 16.2 Å². The summed E-state index contributed by atoms with van der Waals surface area (Å²) in [7, 11) is 0. The molecule has 3 amide bonds. The highest BCUT2D eigenvalue weighted by molar-refractivity contribution is 7.07. The maximum absolute atomic E-state index is 14.0. The molecule has 17 heteroatoms. The second-order valence-electron chi connectivity index (χ2n) is 16.2. The number of hydrogen-bond donors (Lipinski definition) is 3. The van der Waals surface area contributed by atoms with Gasteiger partial charge in [-0.1, -0.05) is 23.7 Å². The lowest BCUT2D eigenvalue weighted by Crippen LogP contribution is -2.55. The van der Waals surface area contributed by atoms with E-state index in [0.29, 0.717) is 64.6 Å². The molecule has 2 aliphatic heterocycles. The van der Waals surface area contributed by atoms with E-state index in [4.69, 9.17) is 21.3 Å². The molecule has 2 saturated heterocycles. The molecule has 1 aliphatic carbocycles. The Morgan fingerprint density at radius 2 is 1.70 bits per heavy atom. The summed E-state index contributed by atoms with van der Waals surface area (Å²) >= 11 is 8.11. The highest BCUT2D eigenvalue weighted by atomic mass is 35.5. The van der Waals surface area contributed by atoms with Crippen LogP contribution in [0, 0.1) is 0 Å². The number of anilines is 1. The number of hydrogen-bond acceptors (Lipinski definition) is 12. The Labute approximate surface area is 361 Å². The first kappa shape index (κ1) is 42.6. The predicted molar refractivity (Wildman–Crippen MR) is 232 cm³/mol. The number of ketones is 1. The van der Waals surface area contributed by atoms with Crippen LogP contribution in [0.1, 0.15) is 72.3 Å². The Morgan fingerprint density at radius 3 is 2.49 bits per heavy atom. The van der Waals surface area contributed by atoms with Gasteiger partial charge < -0.3 is 25.4 Å². The number of fused-ring (bicyclic) bond motifs is 3. The molecule has 1 atom stereocenters. The van der Waals surface area contributed by atoms with E-state index >= 15 is 0 Å². The number of carbonyl (C=O) groups excluding carboxylic acids is 4. The molecule has 0 spiro atoms. The van der Waals surface area contributed by atoms with Gasteiger partial charge in [0.2, 0.25) is 17.7 Å². The van der Waals surface area contributed by atoms with E-state index in [1.165, 1.54) is 22.2 Å². The fourth-order valence-corrected chi connectivity index (χ4v) is 9.36. The third-order valence-corrected chi connectivity index (χ3v) is 13.0. The van der Waals surface area contributed by atoms with Gasteiger partial charge in [0.05, 0.1) is 64.3 Å². The van der Waals surface area contributed by atoms with Crippen molar-refractivity contribution < 1.29 is 29.0 Å². The van der Waals surface area contributed by atoms with Crippen LogP contribution >= 0.6 is 22.9 Å². The van der Waals surface area contributed by atoms with Crippen LogP contribution in [0.15, 0.2) is 58.4 Å². The molecule has 320 valence electrons. The molecule has 0 saturated carbocycles. The molecule has 0 bridgehead atoms. The van der Waals surface area contributed by atoms with Crippen LogP contribution in [0.4, 0.5) is 5.69 Å². The zero-order valence-electron chi connectivity index (χ0n) is 33.9. The second kappa shape index (κ2) is 18.9. The molecular weight excluding hydrogens is 820 g/mol. The van der Waals surface area contributed by atoms with E-state index in [9.17, 15) is 29.1 Å². The molecular formula is C44H49ClN8O7S. The van der Waals surface area contributed by atoms with E-state index in [1.807, 2.05) is 11.4 Å². The lowest BCUT2D eigenvalue weighted by molar-refractivity contribution is -0.140. The van der Waals surface area contributed by atoms with Crippen molar-refractivity contribution in [2.24, 2.45) is 0 Å². The van der Waals surface area contributed by atoms with E-state index < -0.39 is 17.6 Å². The topological polar surface area (TPSA) is 189 Å². The number of amides is 3. The molecule has 0 radical (unpaired) electrons. The monoisotopic (exact) mass is 868 g/mol. The molecule has 15 nitrogen and oxygen atoms in total. The van der Waals surface area contributed by atoms with Gasteiger partial charge in [-0.15, -0.1) is 11.3 Å². The van der Waals surface area contributed by atoms with Crippen molar-refractivity contribution in [2.75, 3.05) is 51.3 Å². The number of likely N-dealkylation sites (tertiary alicyclic amines) is 1. The fourth-order valence-electron chi connectivity index (χ4n) is 8.42. The zero-order valence-corrected chi connectivity index (χ0v) is 35.4. The average Bonchev–Trinajstić information content (AvgIpc) is 3.79. The van der Waals surface area contributed by atoms with E-state index in [2.05, 4.69) is 25.5 Å². The summed E-state index contributed by atoms with van der Waals surface area (Å²) in [6.07, 6.45) is 6.00. The smallest absolute Gasteiger partial charge is 0.261 e. The van der Waals surface area contributed by atoms with Gasteiger partial charge in [-0.2, -0.15) is 0 Å². The maximum Gasteiger partial charge on any atom is 0.261 e. The first-order chi connectivity index (χ1) is 29.5. The van der Waals surface area contributed by atoms with Crippen LogP contribution in [0.25, 0.3) is 21.8 Å². The summed E-state index contributed by atoms with van der Waals surface area (Å²) in [5, 5.41) is 21.1. The van der Waals surface area contributed by atoms with Gasteiger partial charge in [-0.25, -0.2) is 9.97 Å². The Hall–Kier alpha value is -5.13. The van der Waals surface area contributed by atoms with Crippen LogP contribution in [0.3, 0.4) is 0 Å². The Bertz CT molecular complexity index is 2500. The minimum Gasteiger partial charge on any atom is -0.388 e. The van der Waals surface area contributed by atoms with Gasteiger partial charge in [0, 0.05) is 86.1 Å². The number of rotatable bonds is 14. The van der Waals surface area contributed by atoms with Crippen LogP contribution in [-0.2, 0) is 44.9 Å². The summed E-state index contributed by atoms with van der Waals surface area (Å²) in [5.41, 5.74) is 4.84. The number of nitrogens with one attached hydrogen (secondary N) is 2. The molecule has 5 heterocycles. The normalized spacial score (nSPS) is 17.2. The number of piperidine rings is 1. The maximum atomic E-state index is 14.0. The first-order valence-corrected chi connectivity index (χ1v) is 22.2. The largest absolute Gasteiger partial charge is 0.388 e. The summed E-state index contributed by atoms with van der Waals surface area (Å²) in [5.74, 6) is -1.10. The number of halogens is 1. The SMILES string of the molecule is O=C(CCN1CCOCC1)Nc1ccc2c(=O)n(CC3(O)CCN(C(=O)[C@H](Cc4cscn4)NC(=O)CCC(=O)c4ccc5c(Cl)c6c(nc5c4)CCCC6)CC3)cnc2c1. The summed E-state index contributed by atoms with van der Waals surface area (Å²) in [6.45, 7) is 3.95. The molecule has 3 aromatic heterocycles. The quantitative estimate of drug-likeness (QED) is 0.135. The highest BCUT2D eigenvalue weighted by Crippen LogP contribution is 2.33. The second-order valence-corrected chi connectivity index (χ2v) is 17.3. The van der Waals surface area contributed by atoms with E-state index in [0.717, 1.165) is 55.4 Å². The lowest BCUT2D eigenvalue weighted by Gasteiger charge is -2.39. The average molecular weight is 869 g/mol. The number of pyridine rings is 1. The van der Waals surface area contributed by atoms with Crippen molar-refractivity contribution in [3.8, 4) is 0 Å². The Kier molecular flexibility index (Phi) is 13.2. The number of morpholine rings is 1. The van der Waals surface area contributed by atoms with Crippen LogP contribution in [0.2, 0.25) is 5.02 Å². The zero-order chi connectivity index (χ0) is 42.5. The molecule has 3 N–H and O–H groups in total. The minimum atomic E-state index is -1.29. The van der Waals surface area contributed by atoms with Crippen molar-refractivity contribution in [3.05, 3.63) is 91.5 Å². The number of aryl methyl sites for hydroxylation is 1. The highest BCUT2D eigenvalue weighted by Gasteiger charge is 2.37. The molecule has 2 fully saturated rings. The molecule has 8 rings (SSSR count). The standard InChI is InChI=1S/C44H49ClN8O7S/c45-41-31-3-1-2-4-34(31)49-36-21-28(5-7-32(36)41)38(54)9-10-39(55)50-37(23-30-24-61-27-47-30)43(58)52-15-12-44(59,13-16-52)25-53-26-46-35-22-29(6-8-33(35)42(53)57)48-40(56)11-14-51-17-19-60-20-18-51/h5-8,21-22,24,26-27,37,59H,1-4,9-20,23,25H2,(H,48,56)(H,50,55)/t37-/m0/s1. The van der Waals surface area contributed by atoms with Crippen molar-refractivity contribution in [3.63, 3.8) is 0 Å². The van der Waals surface area contributed by atoms with Gasteiger partial charge in [0.1, 0.15) is 6.04 Å². The third-order valence-electron chi connectivity index (χ3n) is 12.0. The fraction of sp³-hybridized carbons (Fsp3) is 0.455. The number of Topliss-reactive ketones (excluding diaryl/α,β-unsaturated/α-hetero) is 1. The number of benzene rings is 2. The molecule has 2 aromatic carbocycles. The van der Waals surface area contributed by atoms with Crippen molar-refractivity contribution in [1.29, 1.82) is 0 Å². The number of thiazole rings is 1. The van der Waals surface area contributed by atoms with E-state index in [-0.39, 0.29) is 74.9 Å². The van der Waals surface area contributed by atoms with Gasteiger partial charge >= 0.3 is 0 Å². The molecule has 61 heavy (non-hydrogen) atoms. The van der Waals surface area contributed by atoms with Gasteiger partial charge in [-0.05, 0) is 68.4 Å².